The number of thiophene rings is 1. The van der Waals surface area contributed by atoms with E-state index in [2.05, 4.69) is 43.4 Å². The summed E-state index contributed by atoms with van der Waals surface area (Å²) in [5, 5.41) is 24.9. The standard InChI is InChI=1S/C19H20N8S/c1-3-8-14(9-4-2)22-23-18(21-20)16-12-13-17(28-16)19-24-26-27(25-19)15-10-6-5-7-11-15/h3-10,12-13,15H,1,11,20H2,2H3/b9-4-,14-8+,21-18?,23-22?. The van der Waals surface area contributed by atoms with E-state index < -0.39 is 0 Å². The number of amidine groups is 1. The van der Waals surface area contributed by atoms with Crippen LogP contribution in [0.3, 0.4) is 0 Å². The Bertz CT molecular complexity index is 1000. The van der Waals surface area contributed by atoms with Gasteiger partial charge in [0.25, 0.3) is 0 Å². The Balaban J connectivity index is 1.78. The highest BCUT2D eigenvalue weighted by Gasteiger charge is 2.16. The van der Waals surface area contributed by atoms with E-state index in [0.717, 1.165) is 16.2 Å². The summed E-state index contributed by atoms with van der Waals surface area (Å²) in [6, 6.07) is 3.84. The first kappa shape index (κ1) is 19.3. The summed E-state index contributed by atoms with van der Waals surface area (Å²) in [6.45, 7) is 5.56. The Morgan fingerprint density at radius 1 is 1.36 bits per heavy atom. The van der Waals surface area contributed by atoms with Crippen molar-refractivity contribution >= 4 is 17.2 Å². The van der Waals surface area contributed by atoms with Gasteiger partial charge in [-0.15, -0.1) is 31.8 Å². The Labute approximate surface area is 166 Å². The van der Waals surface area contributed by atoms with E-state index in [9.17, 15) is 0 Å². The first-order chi connectivity index (χ1) is 13.7. The molecule has 0 bridgehead atoms. The smallest absolute Gasteiger partial charge is 0.214 e. The van der Waals surface area contributed by atoms with E-state index in [1.54, 1.807) is 16.9 Å². The molecule has 1 aliphatic rings. The second-order valence-corrected chi connectivity index (χ2v) is 6.78. The van der Waals surface area contributed by atoms with Gasteiger partial charge in [0.2, 0.25) is 11.7 Å². The Morgan fingerprint density at radius 3 is 2.96 bits per heavy atom. The van der Waals surface area contributed by atoms with Crippen molar-refractivity contribution in [1.29, 1.82) is 0 Å². The van der Waals surface area contributed by atoms with E-state index in [1.807, 2.05) is 49.4 Å². The van der Waals surface area contributed by atoms with Gasteiger partial charge in [-0.3, -0.25) is 0 Å². The van der Waals surface area contributed by atoms with Crippen molar-refractivity contribution in [3.8, 4) is 10.7 Å². The molecule has 0 aliphatic heterocycles. The van der Waals surface area contributed by atoms with Crippen LogP contribution >= 0.6 is 11.3 Å². The average Bonchev–Trinajstić information content (AvgIpc) is 3.39. The number of rotatable bonds is 6. The number of nitrogens with two attached hydrogens (primary N) is 1. The quantitative estimate of drug-likeness (QED) is 0.199. The monoisotopic (exact) mass is 392 g/mol. The van der Waals surface area contributed by atoms with Crippen LogP contribution in [-0.4, -0.2) is 26.0 Å². The van der Waals surface area contributed by atoms with Crippen LogP contribution in [0.4, 0.5) is 0 Å². The van der Waals surface area contributed by atoms with Gasteiger partial charge in [0, 0.05) is 0 Å². The van der Waals surface area contributed by atoms with Crippen LogP contribution in [0.5, 0.6) is 0 Å². The highest BCUT2D eigenvalue weighted by molar-refractivity contribution is 7.17. The fourth-order valence-electron chi connectivity index (χ4n) is 2.44. The molecular weight excluding hydrogens is 372 g/mol. The average molecular weight is 392 g/mol. The molecule has 8 nitrogen and oxygen atoms in total. The normalized spacial score (nSPS) is 17.8. The van der Waals surface area contributed by atoms with Crippen molar-refractivity contribution in [2.45, 2.75) is 19.4 Å². The zero-order valence-corrected chi connectivity index (χ0v) is 16.2. The zero-order chi connectivity index (χ0) is 19.8. The third-order valence-electron chi connectivity index (χ3n) is 3.74. The predicted octanol–water partition coefficient (Wildman–Crippen LogP) is 4.18. The largest absolute Gasteiger partial charge is 0.321 e. The lowest BCUT2D eigenvalue weighted by Crippen LogP contribution is -2.10. The van der Waals surface area contributed by atoms with E-state index in [4.69, 9.17) is 5.84 Å². The number of tetrazole rings is 1. The molecule has 3 rings (SSSR count). The molecule has 2 N–H and O–H groups in total. The van der Waals surface area contributed by atoms with Crippen LogP contribution < -0.4 is 5.84 Å². The van der Waals surface area contributed by atoms with E-state index in [-0.39, 0.29) is 6.04 Å². The second kappa shape index (κ2) is 9.47. The predicted molar refractivity (Wildman–Crippen MR) is 112 cm³/mol. The van der Waals surface area contributed by atoms with E-state index >= 15 is 0 Å². The molecule has 1 aliphatic carbocycles. The summed E-state index contributed by atoms with van der Waals surface area (Å²) < 4.78 is 0. The van der Waals surface area contributed by atoms with Gasteiger partial charge in [-0.05, 0) is 42.8 Å². The molecule has 0 saturated carbocycles. The van der Waals surface area contributed by atoms with Crippen molar-refractivity contribution in [3.63, 3.8) is 0 Å². The summed E-state index contributed by atoms with van der Waals surface area (Å²) in [7, 11) is 0. The Morgan fingerprint density at radius 2 is 2.25 bits per heavy atom. The lowest BCUT2D eigenvalue weighted by Gasteiger charge is -2.09. The molecule has 0 fully saturated rings. The third-order valence-corrected chi connectivity index (χ3v) is 4.82. The molecule has 142 valence electrons. The number of aromatic nitrogens is 4. The number of azo groups is 1. The molecule has 9 heteroatoms. The van der Waals surface area contributed by atoms with Crippen molar-refractivity contribution < 1.29 is 0 Å². The van der Waals surface area contributed by atoms with Gasteiger partial charge in [-0.25, -0.2) is 0 Å². The maximum absolute atomic E-state index is 5.51. The lowest BCUT2D eigenvalue weighted by molar-refractivity contribution is 0.464. The Hall–Kier alpha value is -3.46. The molecule has 1 unspecified atom stereocenters. The van der Waals surface area contributed by atoms with Crippen LogP contribution in [0.25, 0.3) is 10.7 Å². The van der Waals surface area contributed by atoms with Gasteiger partial charge >= 0.3 is 0 Å². The maximum atomic E-state index is 5.51. The van der Waals surface area contributed by atoms with Crippen molar-refractivity contribution in [2.24, 2.45) is 21.2 Å². The molecule has 0 radical (unpaired) electrons. The van der Waals surface area contributed by atoms with Gasteiger partial charge in [-0.1, -0.05) is 43.0 Å². The minimum Gasteiger partial charge on any atom is -0.321 e. The molecule has 1 atom stereocenters. The maximum Gasteiger partial charge on any atom is 0.214 e. The lowest BCUT2D eigenvalue weighted by atomic mass is 10.1. The van der Waals surface area contributed by atoms with Gasteiger partial charge < -0.3 is 5.84 Å². The molecular formula is C19H20N8S. The molecule has 0 saturated heterocycles. The molecule has 0 spiro atoms. The SMILES string of the molecule is C=C/C=C(\C=C/C)N=NC(=NN)c1ccc(-c2nnn(C3C=CC=CC3)n2)s1. The molecule has 0 aromatic carbocycles. The summed E-state index contributed by atoms with van der Waals surface area (Å²) >= 11 is 1.42. The van der Waals surface area contributed by atoms with E-state index in [0.29, 0.717) is 17.4 Å². The summed E-state index contributed by atoms with van der Waals surface area (Å²) in [4.78, 5) is 3.23. The number of hydrogen-bond donors (Lipinski definition) is 1. The van der Waals surface area contributed by atoms with Gasteiger partial charge in [-0.2, -0.15) is 9.90 Å². The van der Waals surface area contributed by atoms with Crippen molar-refractivity contribution in [1.82, 2.24) is 20.2 Å². The topological polar surface area (TPSA) is 107 Å². The third kappa shape index (κ3) is 4.63. The second-order valence-electron chi connectivity index (χ2n) is 5.69. The molecule has 2 aromatic heterocycles. The van der Waals surface area contributed by atoms with Crippen LogP contribution in [0, 0.1) is 0 Å². The van der Waals surface area contributed by atoms with E-state index in [1.165, 1.54) is 11.3 Å². The molecule has 0 amide bonds. The molecule has 2 aromatic rings. The fourth-order valence-corrected chi connectivity index (χ4v) is 3.31. The highest BCUT2D eigenvalue weighted by atomic mass is 32.1. The minimum absolute atomic E-state index is 0.0855. The van der Waals surface area contributed by atoms with Crippen LogP contribution in [-0.2, 0) is 0 Å². The van der Waals surface area contributed by atoms with Gasteiger partial charge in [0.05, 0.1) is 21.5 Å². The molecule has 2 heterocycles. The van der Waals surface area contributed by atoms with Crippen molar-refractivity contribution in [3.05, 3.63) is 77.9 Å². The van der Waals surface area contributed by atoms with Gasteiger partial charge in [0.1, 0.15) is 0 Å². The zero-order valence-electron chi connectivity index (χ0n) is 15.4. The first-order valence-corrected chi connectivity index (χ1v) is 9.45. The summed E-state index contributed by atoms with van der Waals surface area (Å²) in [5.41, 5.74) is 0.648. The summed E-state index contributed by atoms with van der Waals surface area (Å²) in [5.74, 6) is 6.38. The highest BCUT2D eigenvalue weighted by Crippen LogP contribution is 2.27. The van der Waals surface area contributed by atoms with Crippen molar-refractivity contribution in [2.75, 3.05) is 0 Å². The molecule has 28 heavy (non-hydrogen) atoms. The first-order valence-electron chi connectivity index (χ1n) is 8.63. The van der Waals surface area contributed by atoms with Crippen LogP contribution in [0.1, 0.15) is 24.3 Å². The van der Waals surface area contributed by atoms with Crippen LogP contribution in [0.2, 0.25) is 0 Å². The van der Waals surface area contributed by atoms with Gasteiger partial charge in [0.15, 0.2) is 0 Å². The fraction of sp³-hybridized carbons (Fsp3) is 0.158. The van der Waals surface area contributed by atoms with Crippen LogP contribution in [0.15, 0.2) is 88.3 Å². The number of hydrogen-bond acceptors (Lipinski definition) is 7. The summed E-state index contributed by atoms with van der Waals surface area (Å²) in [6.07, 6.45) is 16.0. The number of nitrogens with zero attached hydrogens (tertiary/aromatic N) is 7. The minimum atomic E-state index is 0.0855. The Kier molecular flexibility index (Phi) is 6.53. The number of hydrazone groups is 1. The number of allylic oxidation sites excluding steroid dienone is 8.